The molecule has 1 aromatic heterocycles. The normalized spacial score (nSPS) is 17.1. The number of carbonyl (C=O) groups excluding carboxylic acids is 3. The molecule has 0 bridgehead atoms. The maximum absolute atomic E-state index is 13.4. The zero-order chi connectivity index (χ0) is 20.5. The fourth-order valence-electron chi connectivity index (χ4n) is 2.40. The van der Waals surface area contributed by atoms with Crippen molar-refractivity contribution in [3.63, 3.8) is 0 Å². The van der Waals surface area contributed by atoms with E-state index in [2.05, 4.69) is 25.7 Å². The average molecular weight is 412 g/mol. The summed E-state index contributed by atoms with van der Waals surface area (Å²) < 4.78 is 40.3. The quantitative estimate of drug-likeness (QED) is 0.654. The van der Waals surface area contributed by atoms with Gasteiger partial charge < -0.3 is 10.6 Å². The summed E-state index contributed by atoms with van der Waals surface area (Å²) in [6.45, 7) is 0. The number of aliphatic imine (C=N–C) groups is 1. The van der Waals surface area contributed by atoms with Crippen molar-refractivity contribution in [3.05, 3.63) is 30.0 Å². The average Bonchev–Trinajstić information content (AvgIpc) is 3.15. The molecule has 2 aromatic rings. The molecule has 3 N–H and O–H groups in total. The van der Waals surface area contributed by atoms with E-state index in [4.69, 9.17) is 0 Å². The van der Waals surface area contributed by atoms with Crippen molar-refractivity contribution < 1.29 is 27.6 Å². The number of thioether (sulfide) groups is 1. The van der Waals surface area contributed by atoms with Crippen LogP contribution in [0.25, 0.3) is 11.3 Å². The van der Waals surface area contributed by atoms with Crippen LogP contribution in [0.3, 0.4) is 0 Å². The first-order valence-corrected chi connectivity index (χ1v) is 8.79. The predicted octanol–water partition coefficient (Wildman–Crippen LogP) is 1.42. The summed E-state index contributed by atoms with van der Waals surface area (Å²) >= 11 is 0.980. The fraction of sp³-hybridized carbons (Fsp3) is 0.200. The number of amidine groups is 1. The molecular weight excluding hydrogens is 401 g/mol. The van der Waals surface area contributed by atoms with Crippen molar-refractivity contribution in [2.75, 3.05) is 11.6 Å². The molecule has 1 aromatic carbocycles. The number of rotatable bonds is 3. The first-order valence-electron chi connectivity index (χ1n) is 7.56. The van der Waals surface area contributed by atoms with Gasteiger partial charge in [0, 0.05) is 5.56 Å². The summed E-state index contributed by atoms with van der Waals surface area (Å²) in [6, 6.07) is 3.07. The van der Waals surface area contributed by atoms with E-state index in [1.807, 2.05) is 5.32 Å². The largest absolute Gasteiger partial charge is 0.418 e. The number of aromatic nitrogens is 3. The van der Waals surface area contributed by atoms with Crippen LogP contribution in [0.4, 0.5) is 18.9 Å². The van der Waals surface area contributed by atoms with E-state index in [0.717, 1.165) is 23.9 Å². The maximum atomic E-state index is 13.4. The van der Waals surface area contributed by atoms with E-state index in [0.29, 0.717) is 0 Å². The molecule has 0 spiro atoms. The van der Waals surface area contributed by atoms with Gasteiger partial charge in [0.05, 0.1) is 17.4 Å². The second kappa shape index (κ2) is 7.42. The molecule has 146 valence electrons. The highest BCUT2D eigenvalue weighted by Crippen LogP contribution is 2.37. The number of nitrogens with one attached hydrogen (secondary N) is 3. The zero-order valence-corrected chi connectivity index (χ0v) is 14.8. The third-order valence-corrected chi connectivity index (χ3v) is 4.28. The van der Waals surface area contributed by atoms with Crippen molar-refractivity contribution in [3.8, 4) is 11.3 Å². The SMILES string of the molecule is CSC1=NC(=O)C(C(=O)Nc2ccc(-c3cn[nH]n3)cc2C(F)(F)F)C(=O)N1. The van der Waals surface area contributed by atoms with Crippen LogP contribution in [0.2, 0.25) is 0 Å². The third kappa shape index (κ3) is 3.88. The summed E-state index contributed by atoms with van der Waals surface area (Å²) in [5.41, 5.74) is -1.49. The lowest BCUT2D eigenvalue weighted by atomic mass is 10.0. The Kier molecular flexibility index (Phi) is 5.18. The summed E-state index contributed by atoms with van der Waals surface area (Å²) in [6.07, 6.45) is -2.02. The number of alkyl halides is 3. The zero-order valence-electron chi connectivity index (χ0n) is 14.0. The van der Waals surface area contributed by atoms with Gasteiger partial charge in [0.15, 0.2) is 11.1 Å². The summed E-state index contributed by atoms with van der Waals surface area (Å²) in [5, 5.41) is 13.8. The Hall–Kier alpha value is -3.22. The Morgan fingerprint density at radius 2 is 2.04 bits per heavy atom. The van der Waals surface area contributed by atoms with Gasteiger partial charge >= 0.3 is 6.18 Å². The molecule has 0 radical (unpaired) electrons. The van der Waals surface area contributed by atoms with Crippen LogP contribution < -0.4 is 10.6 Å². The molecule has 1 aliphatic heterocycles. The lowest BCUT2D eigenvalue weighted by Crippen LogP contribution is -2.48. The minimum atomic E-state index is -4.81. The highest BCUT2D eigenvalue weighted by Gasteiger charge is 2.40. The lowest BCUT2D eigenvalue weighted by molar-refractivity contribution is -0.139. The van der Waals surface area contributed by atoms with Crippen LogP contribution in [0.5, 0.6) is 0 Å². The number of hydrogen-bond donors (Lipinski definition) is 3. The second-order valence-electron chi connectivity index (χ2n) is 5.48. The van der Waals surface area contributed by atoms with E-state index in [-0.39, 0.29) is 16.4 Å². The van der Waals surface area contributed by atoms with Gasteiger partial charge in [-0.3, -0.25) is 14.4 Å². The van der Waals surface area contributed by atoms with E-state index < -0.39 is 41.1 Å². The first kappa shape index (κ1) is 19.5. The standard InChI is InChI=1S/C15H11F3N6O3S/c1-28-14-21-12(26)10(13(27)22-14)11(25)20-8-3-2-6(9-5-19-24-23-9)4-7(8)15(16,17)18/h2-5,10H,1H3,(H,20,25)(H,19,23,24)(H,21,22,26,27). The number of benzene rings is 1. The van der Waals surface area contributed by atoms with Gasteiger partial charge in [0.2, 0.25) is 11.8 Å². The number of hydrogen-bond acceptors (Lipinski definition) is 6. The predicted molar refractivity (Wildman–Crippen MR) is 93.0 cm³/mol. The van der Waals surface area contributed by atoms with E-state index >= 15 is 0 Å². The molecule has 28 heavy (non-hydrogen) atoms. The number of amides is 3. The summed E-state index contributed by atoms with van der Waals surface area (Å²) in [5.74, 6) is -5.12. The Bertz CT molecular complexity index is 974. The molecule has 3 amide bonds. The topological polar surface area (TPSA) is 129 Å². The highest BCUT2D eigenvalue weighted by molar-refractivity contribution is 8.13. The van der Waals surface area contributed by atoms with Gasteiger partial charge in [-0.15, -0.1) is 0 Å². The molecule has 1 aliphatic rings. The van der Waals surface area contributed by atoms with Gasteiger partial charge in [0.25, 0.3) is 5.91 Å². The molecule has 0 fully saturated rings. The van der Waals surface area contributed by atoms with E-state index in [1.165, 1.54) is 12.3 Å². The number of anilines is 1. The van der Waals surface area contributed by atoms with Crippen LogP contribution in [-0.2, 0) is 20.6 Å². The minimum Gasteiger partial charge on any atom is -0.324 e. The smallest absolute Gasteiger partial charge is 0.324 e. The number of halogens is 3. The van der Waals surface area contributed by atoms with Crippen molar-refractivity contribution in [1.29, 1.82) is 0 Å². The van der Waals surface area contributed by atoms with Gasteiger partial charge in [-0.2, -0.15) is 33.6 Å². The van der Waals surface area contributed by atoms with Gasteiger partial charge in [-0.1, -0.05) is 17.8 Å². The van der Waals surface area contributed by atoms with Crippen molar-refractivity contribution in [2.45, 2.75) is 6.18 Å². The van der Waals surface area contributed by atoms with E-state index in [1.54, 1.807) is 6.26 Å². The molecule has 3 rings (SSSR count). The van der Waals surface area contributed by atoms with Crippen LogP contribution in [-0.4, -0.2) is 44.6 Å². The fourth-order valence-corrected chi connectivity index (χ4v) is 2.79. The third-order valence-electron chi connectivity index (χ3n) is 3.70. The highest BCUT2D eigenvalue weighted by atomic mass is 32.2. The molecule has 13 heteroatoms. The number of carbonyl (C=O) groups is 3. The second-order valence-corrected chi connectivity index (χ2v) is 6.28. The lowest BCUT2D eigenvalue weighted by Gasteiger charge is -2.20. The molecule has 0 saturated heterocycles. The Labute approximate surface area is 159 Å². The molecule has 1 unspecified atom stereocenters. The number of aromatic amines is 1. The minimum absolute atomic E-state index is 0.00648. The Balaban J connectivity index is 1.91. The summed E-state index contributed by atoms with van der Waals surface area (Å²) in [4.78, 5) is 39.7. The molecule has 1 atom stereocenters. The van der Waals surface area contributed by atoms with Gasteiger partial charge in [-0.25, -0.2) is 0 Å². The van der Waals surface area contributed by atoms with Crippen LogP contribution in [0.1, 0.15) is 5.56 Å². The monoisotopic (exact) mass is 412 g/mol. The van der Waals surface area contributed by atoms with Crippen LogP contribution >= 0.6 is 11.8 Å². The molecule has 2 heterocycles. The Morgan fingerprint density at radius 1 is 1.29 bits per heavy atom. The van der Waals surface area contributed by atoms with Crippen LogP contribution in [0, 0.1) is 5.92 Å². The van der Waals surface area contributed by atoms with Gasteiger partial charge in [0.1, 0.15) is 5.69 Å². The molecular formula is C15H11F3N6O3S. The number of H-pyrrole nitrogens is 1. The molecule has 0 saturated carbocycles. The molecule has 9 nitrogen and oxygen atoms in total. The van der Waals surface area contributed by atoms with E-state index in [9.17, 15) is 27.6 Å². The van der Waals surface area contributed by atoms with Crippen molar-refractivity contribution in [1.82, 2.24) is 20.7 Å². The first-order chi connectivity index (χ1) is 13.2. The summed E-state index contributed by atoms with van der Waals surface area (Å²) in [7, 11) is 0. The Morgan fingerprint density at radius 3 is 2.61 bits per heavy atom. The molecule has 0 aliphatic carbocycles. The van der Waals surface area contributed by atoms with Crippen molar-refractivity contribution in [2.24, 2.45) is 10.9 Å². The van der Waals surface area contributed by atoms with Crippen LogP contribution in [0.15, 0.2) is 29.4 Å². The van der Waals surface area contributed by atoms with Crippen molar-refractivity contribution >= 4 is 40.3 Å². The number of nitrogens with zero attached hydrogens (tertiary/aromatic N) is 3. The van der Waals surface area contributed by atoms with Gasteiger partial charge in [-0.05, 0) is 18.4 Å². The maximum Gasteiger partial charge on any atom is 0.418 e.